The van der Waals surface area contributed by atoms with Gasteiger partial charge in [-0.05, 0) is 31.5 Å². The van der Waals surface area contributed by atoms with Crippen molar-refractivity contribution >= 4 is 0 Å². The summed E-state index contributed by atoms with van der Waals surface area (Å²) in [4.78, 5) is 0. The van der Waals surface area contributed by atoms with Crippen molar-refractivity contribution in [2.75, 3.05) is 27.9 Å². The molecule has 0 saturated heterocycles. The summed E-state index contributed by atoms with van der Waals surface area (Å²) in [6, 6.07) is 5.91. The van der Waals surface area contributed by atoms with Crippen molar-refractivity contribution in [3.63, 3.8) is 0 Å². The molecule has 1 rings (SSSR count). The topological polar surface area (TPSA) is 39.7 Å². The van der Waals surface area contributed by atoms with E-state index in [4.69, 9.17) is 14.2 Å². The van der Waals surface area contributed by atoms with Crippen LogP contribution in [0.2, 0.25) is 0 Å². The van der Waals surface area contributed by atoms with Crippen LogP contribution < -0.4 is 14.8 Å². The summed E-state index contributed by atoms with van der Waals surface area (Å²) in [5.74, 6) is 1.65. The van der Waals surface area contributed by atoms with Gasteiger partial charge in [-0.1, -0.05) is 19.9 Å². The van der Waals surface area contributed by atoms with E-state index in [0.717, 1.165) is 36.4 Å². The first-order valence-electron chi connectivity index (χ1n) is 7.20. The van der Waals surface area contributed by atoms with Gasteiger partial charge in [0.2, 0.25) is 0 Å². The molecule has 4 heteroatoms. The summed E-state index contributed by atoms with van der Waals surface area (Å²) < 4.78 is 16.7. The fourth-order valence-electron chi connectivity index (χ4n) is 2.44. The van der Waals surface area contributed by atoms with E-state index >= 15 is 0 Å². The van der Waals surface area contributed by atoms with E-state index in [1.165, 1.54) is 0 Å². The monoisotopic (exact) mass is 281 g/mol. The van der Waals surface area contributed by atoms with Crippen LogP contribution in [0.5, 0.6) is 11.5 Å². The van der Waals surface area contributed by atoms with Crippen LogP contribution >= 0.6 is 0 Å². The summed E-state index contributed by atoms with van der Waals surface area (Å²) in [5.41, 5.74) is 1.03. The number of hydrogen-bond acceptors (Lipinski definition) is 4. The van der Waals surface area contributed by atoms with Gasteiger partial charge in [-0.3, -0.25) is 0 Å². The zero-order valence-electron chi connectivity index (χ0n) is 13.2. The lowest BCUT2D eigenvalue weighted by Crippen LogP contribution is -2.34. The summed E-state index contributed by atoms with van der Waals surface area (Å²) in [7, 11) is 5.11. The van der Waals surface area contributed by atoms with Crippen molar-refractivity contribution in [3.05, 3.63) is 23.8 Å². The fourth-order valence-corrected chi connectivity index (χ4v) is 2.44. The Morgan fingerprint density at radius 3 is 2.05 bits per heavy atom. The average molecular weight is 281 g/mol. The molecule has 0 radical (unpaired) electrons. The first-order chi connectivity index (χ1) is 9.73. The SMILES string of the molecule is CCCNC(c1c(OC)cccc1OC)C(CC)OC. The van der Waals surface area contributed by atoms with Crippen LogP contribution in [0.3, 0.4) is 0 Å². The Morgan fingerprint density at radius 1 is 1.05 bits per heavy atom. The van der Waals surface area contributed by atoms with E-state index in [9.17, 15) is 0 Å². The molecule has 20 heavy (non-hydrogen) atoms. The maximum atomic E-state index is 5.64. The smallest absolute Gasteiger partial charge is 0.127 e. The van der Waals surface area contributed by atoms with Crippen LogP contribution in [0, 0.1) is 0 Å². The highest BCUT2D eigenvalue weighted by Crippen LogP contribution is 2.36. The Bertz CT molecular complexity index is 369. The molecule has 0 aliphatic carbocycles. The molecule has 0 saturated carbocycles. The van der Waals surface area contributed by atoms with Gasteiger partial charge in [-0.2, -0.15) is 0 Å². The fraction of sp³-hybridized carbons (Fsp3) is 0.625. The number of hydrogen-bond donors (Lipinski definition) is 1. The number of ether oxygens (including phenoxy) is 3. The molecule has 0 bridgehead atoms. The van der Waals surface area contributed by atoms with Gasteiger partial charge in [0.05, 0.1) is 31.9 Å². The number of benzene rings is 1. The summed E-state index contributed by atoms with van der Waals surface area (Å²) in [6.07, 6.45) is 2.06. The Labute approximate surface area is 122 Å². The predicted molar refractivity (Wildman–Crippen MR) is 81.7 cm³/mol. The van der Waals surface area contributed by atoms with Crippen molar-refractivity contribution in [1.82, 2.24) is 5.32 Å². The molecule has 0 aliphatic rings. The molecule has 4 nitrogen and oxygen atoms in total. The quantitative estimate of drug-likeness (QED) is 0.754. The minimum Gasteiger partial charge on any atom is -0.496 e. The van der Waals surface area contributed by atoms with Crippen LogP contribution in [-0.4, -0.2) is 34.0 Å². The van der Waals surface area contributed by atoms with Gasteiger partial charge in [0.1, 0.15) is 11.5 Å². The Balaban J connectivity index is 3.23. The first-order valence-corrected chi connectivity index (χ1v) is 7.20. The zero-order chi connectivity index (χ0) is 15.0. The van der Waals surface area contributed by atoms with E-state index < -0.39 is 0 Å². The van der Waals surface area contributed by atoms with E-state index in [-0.39, 0.29) is 12.1 Å². The molecule has 2 atom stereocenters. The molecule has 0 fully saturated rings. The summed E-state index contributed by atoms with van der Waals surface area (Å²) in [5, 5.41) is 3.55. The van der Waals surface area contributed by atoms with Crippen LogP contribution in [-0.2, 0) is 4.74 Å². The second-order valence-corrected chi connectivity index (χ2v) is 4.69. The van der Waals surface area contributed by atoms with Crippen molar-refractivity contribution in [3.8, 4) is 11.5 Å². The third-order valence-corrected chi connectivity index (χ3v) is 3.47. The molecule has 0 aliphatic heterocycles. The lowest BCUT2D eigenvalue weighted by Gasteiger charge is -2.29. The highest BCUT2D eigenvalue weighted by molar-refractivity contribution is 5.47. The lowest BCUT2D eigenvalue weighted by molar-refractivity contribution is 0.0634. The van der Waals surface area contributed by atoms with Crippen LogP contribution in [0.1, 0.15) is 38.3 Å². The van der Waals surface area contributed by atoms with Crippen molar-refractivity contribution in [1.29, 1.82) is 0 Å². The predicted octanol–water partition coefficient (Wildman–Crippen LogP) is 3.17. The minimum absolute atomic E-state index is 0.0519. The molecule has 1 aromatic carbocycles. The summed E-state index contributed by atoms with van der Waals surface area (Å²) >= 11 is 0. The molecule has 1 aromatic rings. The molecule has 1 N–H and O–H groups in total. The van der Waals surface area contributed by atoms with Gasteiger partial charge in [0.15, 0.2) is 0 Å². The third kappa shape index (κ3) is 3.87. The van der Waals surface area contributed by atoms with E-state index in [1.54, 1.807) is 21.3 Å². The number of methoxy groups -OCH3 is 3. The van der Waals surface area contributed by atoms with Gasteiger partial charge in [0, 0.05) is 7.11 Å². The molecule has 0 amide bonds. The number of nitrogens with one attached hydrogen (secondary N) is 1. The molecule has 0 spiro atoms. The second kappa shape index (κ2) is 8.82. The third-order valence-electron chi connectivity index (χ3n) is 3.47. The Kier molecular flexibility index (Phi) is 7.41. The highest BCUT2D eigenvalue weighted by atomic mass is 16.5. The van der Waals surface area contributed by atoms with Gasteiger partial charge in [0.25, 0.3) is 0 Å². The highest BCUT2D eigenvalue weighted by Gasteiger charge is 2.27. The zero-order valence-corrected chi connectivity index (χ0v) is 13.2. The van der Waals surface area contributed by atoms with Crippen molar-refractivity contribution < 1.29 is 14.2 Å². The van der Waals surface area contributed by atoms with Gasteiger partial charge < -0.3 is 19.5 Å². The Hall–Kier alpha value is -1.26. The molecule has 114 valence electrons. The van der Waals surface area contributed by atoms with Gasteiger partial charge in [-0.15, -0.1) is 0 Å². The Morgan fingerprint density at radius 2 is 1.65 bits per heavy atom. The minimum atomic E-state index is 0.0519. The molecule has 0 heterocycles. The molecular formula is C16H27NO3. The lowest BCUT2D eigenvalue weighted by atomic mass is 9.97. The summed E-state index contributed by atoms with van der Waals surface area (Å²) in [6.45, 7) is 5.19. The second-order valence-electron chi connectivity index (χ2n) is 4.69. The van der Waals surface area contributed by atoms with E-state index in [2.05, 4.69) is 19.2 Å². The standard InChI is InChI=1S/C16H27NO3/c1-6-11-17-16(12(7-2)18-3)15-13(19-4)9-8-10-14(15)20-5/h8-10,12,16-17H,6-7,11H2,1-5H3. The maximum Gasteiger partial charge on any atom is 0.127 e. The van der Waals surface area contributed by atoms with Crippen LogP contribution in [0.25, 0.3) is 0 Å². The molecule has 2 unspecified atom stereocenters. The van der Waals surface area contributed by atoms with Crippen molar-refractivity contribution in [2.45, 2.75) is 38.8 Å². The van der Waals surface area contributed by atoms with Crippen LogP contribution in [0.4, 0.5) is 0 Å². The van der Waals surface area contributed by atoms with Gasteiger partial charge in [-0.25, -0.2) is 0 Å². The van der Waals surface area contributed by atoms with E-state index in [1.807, 2.05) is 18.2 Å². The normalized spacial score (nSPS) is 13.8. The van der Waals surface area contributed by atoms with Crippen LogP contribution in [0.15, 0.2) is 18.2 Å². The largest absolute Gasteiger partial charge is 0.496 e. The number of rotatable bonds is 9. The first kappa shape index (κ1) is 16.8. The average Bonchev–Trinajstić information content (AvgIpc) is 2.50. The van der Waals surface area contributed by atoms with Crippen molar-refractivity contribution in [2.24, 2.45) is 0 Å². The van der Waals surface area contributed by atoms with Gasteiger partial charge >= 0.3 is 0 Å². The van der Waals surface area contributed by atoms with E-state index in [0.29, 0.717) is 0 Å². The molecule has 0 aromatic heterocycles. The maximum absolute atomic E-state index is 5.64. The molecular weight excluding hydrogens is 254 g/mol.